The lowest BCUT2D eigenvalue weighted by Gasteiger charge is -2.12. The fourth-order valence-electron chi connectivity index (χ4n) is 1.26. The molecule has 0 aromatic carbocycles. The van der Waals surface area contributed by atoms with Gasteiger partial charge in [0.05, 0.1) is 18.2 Å². The van der Waals surface area contributed by atoms with Gasteiger partial charge >= 0.3 is 6.18 Å². The number of hydrogen-bond donors (Lipinski definition) is 0. The van der Waals surface area contributed by atoms with Crippen LogP contribution in [0.4, 0.5) is 27.6 Å². The van der Waals surface area contributed by atoms with Crippen LogP contribution in [-0.4, -0.2) is 17.0 Å². The van der Waals surface area contributed by atoms with Gasteiger partial charge in [-0.3, -0.25) is 10.1 Å². The highest BCUT2D eigenvalue weighted by atomic mass is 19.4. The molecule has 0 N–H and O–H groups in total. The predicted molar refractivity (Wildman–Crippen MR) is 47.4 cm³/mol. The highest BCUT2D eigenvalue weighted by molar-refractivity contribution is 5.53. The number of nitro groups is 1. The molecule has 0 unspecified atom stereocenters. The van der Waals surface area contributed by atoms with E-state index in [1.807, 2.05) is 0 Å². The smallest absolute Gasteiger partial charge is 0.424 e. The summed E-state index contributed by atoms with van der Waals surface area (Å²) in [7, 11) is 0.866. The molecule has 1 rings (SSSR count). The van der Waals surface area contributed by atoms with Gasteiger partial charge in [-0.1, -0.05) is 0 Å². The van der Waals surface area contributed by atoms with Crippen LogP contribution in [0.1, 0.15) is 17.6 Å². The van der Waals surface area contributed by atoms with Crippen LogP contribution in [0.5, 0.6) is 5.88 Å². The average Bonchev–Trinajstić information content (AvgIpc) is 2.25. The second kappa shape index (κ2) is 4.70. The molecule has 0 saturated carbocycles. The Morgan fingerprint density at radius 3 is 2.33 bits per heavy atom. The van der Waals surface area contributed by atoms with Crippen LogP contribution in [0, 0.1) is 10.1 Å². The van der Waals surface area contributed by atoms with E-state index in [0.29, 0.717) is 0 Å². The highest BCUT2D eigenvalue weighted by Gasteiger charge is 2.43. The average molecular weight is 272 g/mol. The van der Waals surface area contributed by atoms with Gasteiger partial charge in [-0.25, -0.2) is 13.8 Å². The largest absolute Gasteiger partial charge is 0.480 e. The van der Waals surface area contributed by atoms with Crippen LogP contribution < -0.4 is 4.74 Å². The van der Waals surface area contributed by atoms with E-state index < -0.39 is 40.2 Å². The quantitative estimate of drug-likeness (QED) is 0.482. The third-order valence-corrected chi connectivity index (χ3v) is 1.95. The van der Waals surface area contributed by atoms with Gasteiger partial charge in [0.15, 0.2) is 11.1 Å². The third-order valence-electron chi connectivity index (χ3n) is 1.95. The Balaban J connectivity index is 3.68. The maximum atomic E-state index is 12.6. The molecule has 0 fully saturated rings. The van der Waals surface area contributed by atoms with Crippen LogP contribution in [0.25, 0.3) is 0 Å². The van der Waals surface area contributed by atoms with Crippen molar-refractivity contribution in [1.29, 1.82) is 0 Å². The molecule has 0 aliphatic carbocycles. The lowest BCUT2D eigenvalue weighted by molar-refractivity contribution is -0.389. The van der Waals surface area contributed by atoms with Crippen molar-refractivity contribution in [3.8, 4) is 5.88 Å². The summed E-state index contributed by atoms with van der Waals surface area (Å²) in [6.07, 6.45) is -8.59. The van der Waals surface area contributed by atoms with Gasteiger partial charge in [-0.2, -0.15) is 13.2 Å². The molecule has 100 valence electrons. The minimum atomic E-state index is -5.16. The fraction of sp³-hybridized carbons (Fsp3) is 0.375. The molecule has 0 amide bonds. The van der Waals surface area contributed by atoms with Crippen LogP contribution in [0.15, 0.2) is 6.20 Å². The third kappa shape index (κ3) is 2.46. The number of nitrogens with zero attached hydrogens (tertiary/aromatic N) is 2. The normalized spacial score (nSPS) is 11.7. The fourth-order valence-corrected chi connectivity index (χ4v) is 1.26. The zero-order valence-corrected chi connectivity index (χ0v) is 8.66. The lowest BCUT2D eigenvalue weighted by Crippen LogP contribution is -2.13. The Labute approximate surface area is 96.3 Å². The Hall–Kier alpha value is -2.00. The number of ether oxygens (including phenoxy) is 1. The molecule has 1 aromatic heterocycles. The van der Waals surface area contributed by atoms with Gasteiger partial charge in [-0.05, 0) is 0 Å². The van der Waals surface area contributed by atoms with Gasteiger partial charge in [-0.15, -0.1) is 0 Å². The topological polar surface area (TPSA) is 65.3 Å². The van der Waals surface area contributed by atoms with Gasteiger partial charge in [0.25, 0.3) is 12.1 Å². The molecule has 0 spiro atoms. The maximum absolute atomic E-state index is 12.6. The summed E-state index contributed by atoms with van der Waals surface area (Å²) in [5.74, 6) is -0.912. The van der Waals surface area contributed by atoms with Crippen molar-refractivity contribution < 1.29 is 31.6 Å². The van der Waals surface area contributed by atoms with E-state index in [2.05, 4.69) is 9.72 Å². The summed E-state index contributed by atoms with van der Waals surface area (Å²) in [6, 6.07) is 0. The Morgan fingerprint density at radius 2 is 2.00 bits per heavy atom. The van der Waals surface area contributed by atoms with Crippen LogP contribution in [-0.2, 0) is 6.18 Å². The molecule has 0 aliphatic heterocycles. The van der Waals surface area contributed by atoms with Gasteiger partial charge in [0.1, 0.15) is 0 Å². The van der Waals surface area contributed by atoms with Crippen LogP contribution in [0.3, 0.4) is 0 Å². The summed E-state index contributed by atoms with van der Waals surface area (Å²) in [4.78, 5) is 12.0. The summed E-state index contributed by atoms with van der Waals surface area (Å²) in [5.41, 5.74) is -5.08. The monoisotopic (exact) mass is 272 g/mol. The number of aromatic nitrogens is 1. The van der Waals surface area contributed by atoms with E-state index in [1.54, 1.807) is 0 Å². The first-order valence-electron chi connectivity index (χ1n) is 4.26. The molecule has 10 heteroatoms. The van der Waals surface area contributed by atoms with Crippen molar-refractivity contribution in [2.45, 2.75) is 12.6 Å². The van der Waals surface area contributed by atoms with Crippen molar-refractivity contribution in [1.82, 2.24) is 4.98 Å². The zero-order chi connectivity index (χ0) is 14.1. The predicted octanol–water partition coefficient (Wildman–Crippen LogP) is 2.95. The Morgan fingerprint density at radius 1 is 1.44 bits per heavy atom. The maximum Gasteiger partial charge on any atom is 0.424 e. The summed E-state index contributed by atoms with van der Waals surface area (Å²) in [6.45, 7) is 0. The number of halogens is 5. The molecule has 0 bridgehead atoms. The van der Waals surface area contributed by atoms with E-state index in [9.17, 15) is 32.1 Å². The van der Waals surface area contributed by atoms with Crippen molar-refractivity contribution in [2.75, 3.05) is 7.11 Å². The van der Waals surface area contributed by atoms with Crippen molar-refractivity contribution >= 4 is 5.69 Å². The standard InChI is InChI=1S/C8H5F5N2O3/c1-18-7-4(6(9)10)5(15(16)17)3(2-14-7)8(11,12)13/h2,6H,1H3. The van der Waals surface area contributed by atoms with Gasteiger partial charge < -0.3 is 4.74 Å². The van der Waals surface area contributed by atoms with E-state index in [-0.39, 0.29) is 6.20 Å². The zero-order valence-electron chi connectivity index (χ0n) is 8.66. The van der Waals surface area contributed by atoms with Crippen LogP contribution in [0.2, 0.25) is 0 Å². The summed E-state index contributed by atoms with van der Waals surface area (Å²) >= 11 is 0. The first kappa shape index (κ1) is 14.1. The van der Waals surface area contributed by atoms with Gasteiger partial charge in [0, 0.05) is 0 Å². The van der Waals surface area contributed by atoms with Gasteiger partial charge in [0.2, 0.25) is 5.88 Å². The first-order chi connectivity index (χ1) is 8.20. The number of alkyl halides is 5. The molecule has 0 aliphatic rings. The number of methoxy groups -OCH3 is 1. The molecule has 0 saturated heterocycles. The second-order valence-electron chi connectivity index (χ2n) is 3.00. The van der Waals surface area contributed by atoms with E-state index in [1.165, 1.54) is 0 Å². The van der Waals surface area contributed by atoms with Crippen molar-refractivity contribution in [2.24, 2.45) is 0 Å². The van der Waals surface area contributed by atoms with Crippen LogP contribution >= 0.6 is 0 Å². The minimum absolute atomic E-state index is 0.0862. The lowest BCUT2D eigenvalue weighted by atomic mass is 10.1. The molecule has 0 atom stereocenters. The molecular weight excluding hydrogens is 267 g/mol. The SMILES string of the molecule is COc1ncc(C(F)(F)F)c([N+](=O)[O-])c1C(F)F. The molecule has 18 heavy (non-hydrogen) atoms. The Kier molecular flexibility index (Phi) is 3.67. The minimum Gasteiger partial charge on any atom is -0.480 e. The molecule has 1 heterocycles. The molecule has 1 aromatic rings. The number of rotatable bonds is 3. The van der Waals surface area contributed by atoms with Crippen molar-refractivity contribution in [3.63, 3.8) is 0 Å². The Bertz CT molecular complexity index is 475. The first-order valence-corrected chi connectivity index (χ1v) is 4.26. The molecule has 5 nitrogen and oxygen atoms in total. The summed E-state index contributed by atoms with van der Waals surface area (Å²) < 4.78 is 66.9. The highest BCUT2D eigenvalue weighted by Crippen LogP contribution is 2.43. The van der Waals surface area contributed by atoms with E-state index >= 15 is 0 Å². The molecule has 0 radical (unpaired) electrons. The van der Waals surface area contributed by atoms with E-state index in [0.717, 1.165) is 7.11 Å². The number of hydrogen-bond acceptors (Lipinski definition) is 4. The summed E-state index contributed by atoms with van der Waals surface area (Å²) in [5, 5.41) is 10.6. The van der Waals surface area contributed by atoms with Crippen molar-refractivity contribution in [3.05, 3.63) is 27.4 Å². The molecular formula is C8H5F5N2O3. The second-order valence-corrected chi connectivity index (χ2v) is 3.00. The number of pyridine rings is 1. The van der Waals surface area contributed by atoms with E-state index in [4.69, 9.17) is 0 Å².